The largest absolute Gasteiger partial charge is 0.481 e. The molecular formula is C15H26N2O16P2. The average Bonchev–Trinajstić information content (AvgIpc) is 2.99. The van der Waals surface area contributed by atoms with E-state index in [9.17, 15) is 33.7 Å². The van der Waals surface area contributed by atoms with Crippen molar-refractivity contribution in [3.05, 3.63) is 33.1 Å². The van der Waals surface area contributed by atoms with Gasteiger partial charge >= 0.3 is 21.3 Å². The molecule has 0 bridgehead atoms. The lowest BCUT2D eigenvalue weighted by Crippen LogP contribution is -2.37. The normalized spacial score (nSPS) is 26.7. The highest BCUT2D eigenvalue weighted by atomic mass is 31.3. The number of nitrogens with zero attached hydrogens (tertiary/aromatic N) is 1. The molecule has 1 aliphatic rings. The first-order valence-electron chi connectivity index (χ1n) is 9.54. The summed E-state index contributed by atoms with van der Waals surface area (Å²) in [5, 5.41) is 46.2. The van der Waals surface area contributed by atoms with Crippen molar-refractivity contribution in [2.45, 2.75) is 56.2 Å². The van der Waals surface area contributed by atoms with Crippen molar-refractivity contribution < 1.29 is 67.7 Å². The van der Waals surface area contributed by atoms with Crippen LogP contribution in [0.1, 0.15) is 19.6 Å². The molecule has 0 aliphatic carbocycles. The number of hydrogen-bond donors (Lipinski definition) is 9. The SMILES string of the molecule is CC(O)C(O)C(O)CC=O.O=c1ccn([C@@H]2O[C@H](COP(=O)(O)OP(=O)(O)O)[C@@H](O)[C@H]2O)c(=O)[nH]1. The van der Waals surface area contributed by atoms with Crippen LogP contribution in [0.15, 0.2) is 21.9 Å². The predicted molar refractivity (Wildman–Crippen MR) is 111 cm³/mol. The molecule has 0 saturated carbocycles. The van der Waals surface area contributed by atoms with Crippen molar-refractivity contribution in [2.75, 3.05) is 6.61 Å². The van der Waals surface area contributed by atoms with Crippen LogP contribution < -0.4 is 11.2 Å². The number of rotatable bonds is 10. The van der Waals surface area contributed by atoms with Gasteiger partial charge in [0.05, 0.1) is 18.8 Å². The Morgan fingerprint density at radius 3 is 2.26 bits per heavy atom. The number of nitrogens with one attached hydrogen (secondary N) is 1. The summed E-state index contributed by atoms with van der Waals surface area (Å²) in [5.41, 5.74) is -1.65. The molecule has 20 heteroatoms. The van der Waals surface area contributed by atoms with Crippen molar-refractivity contribution in [3.63, 3.8) is 0 Å². The molecule has 1 saturated heterocycles. The highest BCUT2D eigenvalue weighted by molar-refractivity contribution is 7.60. The lowest BCUT2D eigenvalue weighted by atomic mass is 10.1. The van der Waals surface area contributed by atoms with Gasteiger partial charge in [-0.2, -0.15) is 4.31 Å². The molecule has 1 aromatic heterocycles. The van der Waals surface area contributed by atoms with E-state index in [1.807, 2.05) is 4.98 Å². The van der Waals surface area contributed by atoms with Crippen LogP contribution in [0.5, 0.6) is 0 Å². The van der Waals surface area contributed by atoms with Crippen molar-refractivity contribution in [2.24, 2.45) is 0 Å². The van der Waals surface area contributed by atoms with Gasteiger partial charge in [-0.3, -0.25) is 18.9 Å². The molecule has 0 amide bonds. The molecule has 4 unspecified atom stereocenters. The number of aliphatic hydroxyl groups excluding tert-OH is 5. The summed E-state index contributed by atoms with van der Waals surface area (Å²) in [7, 11) is -10.5. The molecule has 0 spiro atoms. The van der Waals surface area contributed by atoms with E-state index in [4.69, 9.17) is 34.7 Å². The zero-order chi connectivity index (χ0) is 27.1. The minimum Gasteiger partial charge on any atom is -0.391 e. The lowest BCUT2D eigenvalue weighted by molar-refractivity contribution is -0.113. The number of phosphoric acid groups is 2. The Morgan fingerprint density at radius 2 is 1.77 bits per heavy atom. The van der Waals surface area contributed by atoms with Crippen molar-refractivity contribution in [1.82, 2.24) is 9.55 Å². The molecule has 9 N–H and O–H groups in total. The number of aliphatic hydroxyl groups is 5. The number of aromatic amines is 1. The molecule has 18 nitrogen and oxygen atoms in total. The van der Waals surface area contributed by atoms with E-state index in [2.05, 4.69) is 8.83 Å². The van der Waals surface area contributed by atoms with Gasteiger partial charge in [-0.05, 0) is 6.92 Å². The van der Waals surface area contributed by atoms with Crippen LogP contribution in [0.3, 0.4) is 0 Å². The van der Waals surface area contributed by atoms with E-state index < -0.39 is 76.4 Å². The smallest absolute Gasteiger partial charge is 0.391 e. The standard InChI is InChI=1S/C9H14N2O12P2.C6H12O4/c12-5-1-2-11(9(15)10-5)8-7(14)6(13)4(22-8)3-21-25(19,20)23-24(16,17)18;1-4(8)6(10)5(9)2-3-7/h1-2,4,6-8,13-14H,3H2,(H,19,20)(H,10,12,15)(H2,16,17,18);3-6,8-10H,2H2,1H3/t4-,6-,7-,8-;/m1./s1. The van der Waals surface area contributed by atoms with Gasteiger partial charge in [0.2, 0.25) is 0 Å². The summed E-state index contributed by atoms with van der Waals surface area (Å²) in [6, 6.07) is 0.962. The monoisotopic (exact) mass is 552 g/mol. The van der Waals surface area contributed by atoms with Gasteiger partial charge in [-0.25, -0.2) is 13.9 Å². The number of ether oxygens (including phenoxy) is 1. The fourth-order valence-corrected chi connectivity index (χ4v) is 4.21. The topological polar surface area (TPSA) is 296 Å². The summed E-state index contributed by atoms with van der Waals surface area (Å²) in [6.45, 7) is 0.444. The Kier molecular flexibility index (Phi) is 11.7. The highest BCUT2D eigenvalue weighted by Gasteiger charge is 2.45. The highest BCUT2D eigenvalue weighted by Crippen LogP contribution is 2.57. The number of hydrogen-bond acceptors (Lipinski definition) is 13. The van der Waals surface area contributed by atoms with Crippen LogP contribution in [0.25, 0.3) is 0 Å². The first-order chi connectivity index (χ1) is 16.0. The Labute approximate surface area is 195 Å². The van der Waals surface area contributed by atoms with E-state index in [1.165, 1.54) is 6.92 Å². The van der Waals surface area contributed by atoms with Gasteiger partial charge in [0.25, 0.3) is 5.56 Å². The number of H-pyrrole nitrogens is 1. The molecular weight excluding hydrogens is 526 g/mol. The van der Waals surface area contributed by atoms with Gasteiger partial charge in [0.1, 0.15) is 30.7 Å². The fraction of sp³-hybridized carbons (Fsp3) is 0.667. The number of carbonyl (C=O) groups excluding carboxylic acids is 1. The molecule has 1 aromatic rings. The van der Waals surface area contributed by atoms with Crippen molar-refractivity contribution >= 4 is 21.9 Å². The molecule has 0 radical (unpaired) electrons. The first kappa shape index (κ1) is 31.4. The summed E-state index contributed by atoms with van der Waals surface area (Å²) >= 11 is 0. The molecule has 1 fully saturated rings. The van der Waals surface area contributed by atoms with Crippen molar-refractivity contribution in [3.8, 4) is 0 Å². The van der Waals surface area contributed by atoms with Crippen LogP contribution >= 0.6 is 15.6 Å². The quantitative estimate of drug-likeness (QED) is 0.0988. The van der Waals surface area contributed by atoms with Crippen LogP contribution in [0.2, 0.25) is 0 Å². The minimum atomic E-state index is -5.32. The summed E-state index contributed by atoms with van der Waals surface area (Å²) in [4.78, 5) is 60.5. The fourth-order valence-electron chi connectivity index (χ4n) is 2.61. The molecule has 202 valence electrons. The maximum atomic E-state index is 11.7. The van der Waals surface area contributed by atoms with Gasteiger partial charge in [0, 0.05) is 18.7 Å². The Bertz CT molecular complexity index is 1040. The van der Waals surface area contributed by atoms with E-state index in [0.29, 0.717) is 6.29 Å². The van der Waals surface area contributed by atoms with Gasteiger partial charge in [-0.1, -0.05) is 0 Å². The summed E-state index contributed by atoms with van der Waals surface area (Å²) in [5.74, 6) is 0. The number of phosphoric ester groups is 1. The predicted octanol–water partition coefficient (Wildman–Crippen LogP) is -3.94. The van der Waals surface area contributed by atoms with Crippen LogP contribution in [-0.2, 0) is 27.5 Å². The Hall–Kier alpha value is -1.63. The zero-order valence-corrected chi connectivity index (χ0v) is 19.7. The molecule has 35 heavy (non-hydrogen) atoms. The lowest BCUT2D eigenvalue weighted by Gasteiger charge is -2.17. The van der Waals surface area contributed by atoms with Crippen LogP contribution in [0.4, 0.5) is 0 Å². The molecule has 8 atom stereocenters. The molecule has 0 aromatic carbocycles. The third-order valence-corrected chi connectivity index (χ3v) is 6.45. The second-order valence-corrected chi connectivity index (χ2v) is 9.93. The second kappa shape index (κ2) is 13.1. The summed E-state index contributed by atoms with van der Waals surface area (Å²) < 4.78 is 35.6. The molecule has 1 aliphatic heterocycles. The van der Waals surface area contributed by atoms with E-state index in [1.54, 1.807) is 0 Å². The van der Waals surface area contributed by atoms with Crippen LogP contribution in [-0.4, -0.2) is 99.3 Å². The number of aromatic nitrogens is 2. The van der Waals surface area contributed by atoms with Crippen molar-refractivity contribution in [1.29, 1.82) is 0 Å². The molecule has 2 rings (SSSR count). The number of aldehydes is 1. The summed E-state index contributed by atoms with van der Waals surface area (Å²) in [6.07, 6.45) is -8.29. The third-order valence-electron chi connectivity index (χ3n) is 4.30. The van der Waals surface area contributed by atoms with Gasteiger partial charge in [-0.15, -0.1) is 0 Å². The average molecular weight is 552 g/mol. The number of carbonyl (C=O) groups is 1. The maximum absolute atomic E-state index is 11.7. The zero-order valence-electron chi connectivity index (χ0n) is 17.9. The molecule has 2 heterocycles. The first-order valence-corrected chi connectivity index (χ1v) is 12.6. The van der Waals surface area contributed by atoms with Gasteiger partial charge in [0.15, 0.2) is 6.23 Å². The third kappa shape index (κ3) is 10.1. The minimum absolute atomic E-state index is 0.147. The maximum Gasteiger partial charge on any atom is 0.481 e. The second-order valence-electron chi connectivity index (χ2n) is 7.10. The van der Waals surface area contributed by atoms with Crippen LogP contribution in [0, 0.1) is 0 Å². The van der Waals surface area contributed by atoms with E-state index in [0.717, 1.165) is 16.8 Å². The Morgan fingerprint density at radius 1 is 1.17 bits per heavy atom. The van der Waals surface area contributed by atoms with E-state index in [-0.39, 0.29) is 6.42 Å². The van der Waals surface area contributed by atoms with E-state index >= 15 is 0 Å². The Balaban J connectivity index is 0.000000518. The van der Waals surface area contributed by atoms with Gasteiger partial charge < -0.3 is 49.7 Å².